The SMILES string of the molecule is CCCCOc1c(OC)cc(CCCC(=O)O)cc1-c1ccccc1. The van der Waals surface area contributed by atoms with Gasteiger partial charge in [-0.1, -0.05) is 43.7 Å². The molecule has 134 valence electrons. The second kappa shape index (κ2) is 9.72. The fraction of sp³-hybridized carbons (Fsp3) is 0.381. The first-order valence-corrected chi connectivity index (χ1v) is 8.76. The Morgan fingerprint density at radius 3 is 2.52 bits per heavy atom. The predicted octanol–water partition coefficient (Wildman–Crippen LogP) is 4.95. The minimum absolute atomic E-state index is 0.164. The lowest BCUT2D eigenvalue weighted by Crippen LogP contribution is -2.02. The van der Waals surface area contributed by atoms with Crippen LogP contribution >= 0.6 is 0 Å². The number of benzene rings is 2. The number of carbonyl (C=O) groups is 1. The number of rotatable bonds is 10. The van der Waals surface area contributed by atoms with Crippen molar-refractivity contribution < 1.29 is 19.4 Å². The molecule has 0 bridgehead atoms. The number of aryl methyl sites for hydroxylation is 1. The third kappa shape index (κ3) is 5.52. The Balaban J connectivity index is 2.37. The van der Waals surface area contributed by atoms with Gasteiger partial charge in [-0.05, 0) is 42.5 Å². The lowest BCUT2D eigenvalue weighted by Gasteiger charge is -2.17. The monoisotopic (exact) mass is 342 g/mol. The van der Waals surface area contributed by atoms with E-state index in [1.165, 1.54) is 0 Å². The molecule has 0 saturated heterocycles. The molecule has 0 aliphatic rings. The van der Waals surface area contributed by atoms with Crippen molar-refractivity contribution in [3.05, 3.63) is 48.0 Å². The largest absolute Gasteiger partial charge is 0.493 e. The van der Waals surface area contributed by atoms with E-state index in [0.717, 1.165) is 35.3 Å². The molecule has 0 saturated carbocycles. The van der Waals surface area contributed by atoms with Gasteiger partial charge in [0.05, 0.1) is 13.7 Å². The first kappa shape index (κ1) is 18.8. The molecule has 25 heavy (non-hydrogen) atoms. The summed E-state index contributed by atoms with van der Waals surface area (Å²) in [5.74, 6) is 0.682. The van der Waals surface area contributed by atoms with Gasteiger partial charge in [-0.2, -0.15) is 0 Å². The number of unbranched alkanes of at least 4 members (excludes halogenated alkanes) is 1. The molecule has 0 fully saturated rings. The zero-order chi connectivity index (χ0) is 18.1. The maximum Gasteiger partial charge on any atom is 0.303 e. The number of hydrogen-bond donors (Lipinski definition) is 1. The minimum atomic E-state index is -0.769. The minimum Gasteiger partial charge on any atom is -0.493 e. The highest BCUT2D eigenvalue weighted by Crippen LogP contribution is 2.40. The van der Waals surface area contributed by atoms with Crippen LogP contribution in [0.25, 0.3) is 11.1 Å². The van der Waals surface area contributed by atoms with E-state index in [4.69, 9.17) is 14.6 Å². The summed E-state index contributed by atoms with van der Waals surface area (Å²) >= 11 is 0. The summed E-state index contributed by atoms with van der Waals surface area (Å²) in [4.78, 5) is 10.8. The van der Waals surface area contributed by atoms with Crippen LogP contribution in [-0.4, -0.2) is 24.8 Å². The molecular formula is C21H26O4. The quantitative estimate of drug-likeness (QED) is 0.621. The van der Waals surface area contributed by atoms with E-state index in [2.05, 4.69) is 13.0 Å². The number of carboxylic acid groups (broad SMARTS) is 1. The van der Waals surface area contributed by atoms with Gasteiger partial charge in [-0.15, -0.1) is 0 Å². The summed E-state index contributed by atoms with van der Waals surface area (Å²) in [6.07, 6.45) is 3.51. The first-order chi connectivity index (χ1) is 12.2. The average Bonchev–Trinajstić information content (AvgIpc) is 2.62. The zero-order valence-electron chi connectivity index (χ0n) is 15.0. The molecule has 0 spiro atoms. The molecule has 0 heterocycles. The molecule has 4 nitrogen and oxygen atoms in total. The molecule has 2 aromatic rings. The van der Waals surface area contributed by atoms with Crippen molar-refractivity contribution in [1.82, 2.24) is 0 Å². The van der Waals surface area contributed by atoms with Gasteiger partial charge in [0.25, 0.3) is 0 Å². The summed E-state index contributed by atoms with van der Waals surface area (Å²) in [5, 5.41) is 8.84. The summed E-state index contributed by atoms with van der Waals surface area (Å²) in [5.41, 5.74) is 3.11. The smallest absolute Gasteiger partial charge is 0.303 e. The van der Waals surface area contributed by atoms with Gasteiger partial charge in [0.2, 0.25) is 0 Å². The third-order valence-electron chi connectivity index (χ3n) is 4.02. The molecule has 1 N–H and O–H groups in total. The van der Waals surface area contributed by atoms with Crippen LogP contribution < -0.4 is 9.47 Å². The Kier molecular flexibility index (Phi) is 7.33. The summed E-state index contributed by atoms with van der Waals surface area (Å²) in [6.45, 7) is 2.77. The van der Waals surface area contributed by atoms with Crippen LogP contribution in [0.4, 0.5) is 0 Å². The van der Waals surface area contributed by atoms with Crippen molar-refractivity contribution in [2.75, 3.05) is 13.7 Å². The van der Waals surface area contributed by atoms with E-state index < -0.39 is 5.97 Å². The van der Waals surface area contributed by atoms with Crippen molar-refractivity contribution in [2.45, 2.75) is 39.0 Å². The molecule has 0 aliphatic carbocycles. The Hall–Kier alpha value is -2.49. The maximum absolute atomic E-state index is 10.8. The Labute approximate surface area is 149 Å². The van der Waals surface area contributed by atoms with Crippen molar-refractivity contribution >= 4 is 5.97 Å². The second-order valence-electron chi connectivity index (χ2n) is 5.99. The molecule has 0 aromatic heterocycles. The van der Waals surface area contributed by atoms with Gasteiger partial charge in [-0.25, -0.2) is 0 Å². The van der Waals surface area contributed by atoms with Gasteiger partial charge < -0.3 is 14.6 Å². The number of aliphatic carboxylic acids is 1. The normalized spacial score (nSPS) is 10.5. The standard InChI is InChI=1S/C21H26O4/c1-3-4-13-25-21-18(17-10-6-5-7-11-17)14-16(15-19(21)24-2)9-8-12-20(22)23/h5-7,10-11,14-15H,3-4,8-9,12-13H2,1-2H3,(H,22,23). The lowest BCUT2D eigenvalue weighted by atomic mass is 9.98. The van der Waals surface area contributed by atoms with Crippen molar-refractivity contribution in [1.29, 1.82) is 0 Å². The maximum atomic E-state index is 10.8. The Morgan fingerprint density at radius 2 is 1.88 bits per heavy atom. The number of carboxylic acids is 1. The van der Waals surface area contributed by atoms with E-state index in [-0.39, 0.29) is 6.42 Å². The van der Waals surface area contributed by atoms with Crippen molar-refractivity contribution in [3.63, 3.8) is 0 Å². The van der Waals surface area contributed by atoms with E-state index in [0.29, 0.717) is 25.2 Å². The second-order valence-corrected chi connectivity index (χ2v) is 5.99. The molecule has 2 aromatic carbocycles. The molecule has 2 rings (SSSR count). The fourth-order valence-corrected chi connectivity index (χ4v) is 2.70. The summed E-state index contributed by atoms with van der Waals surface area (Å²) in [7, 11) is 1.64. The highest BCUT2D eigenvalue weighted by Gasteiger charge is 2.15. The summed E-state index contributed by atoms with van der Waals surface area (Å²) in [6, 6.07) is 14.1. The van der Waals surface area contributed by atoms with Crippen LogP contribution in [0.5, 0.6) is 11.5 Å². The molecule has 4 heteroatoms. The van der Waals surface area contributed by atoms with Crippen LogP contribution in [0.15, 0.2) is 42.5 Å². The third-order valence-corrected chi connectivity index (χ3v) is 4.02. The Bertz CT molecular complexity index is 680. The zero-order valence-corrected chi connectivity index (χ0v) is 15.0. The van der Waals surface area contributed by atoms with Crippen molar-refractivity contribution in [2.24, 2.45) is 0 Å². The Morgan fingerprint density at radius 1 is 1.12 bits per heavy atom. The molecular weight excluding hydrogens is 316 g/mol. The number of hydrogen-bond acceptors (Lipinski definition) is 3. The molecule has 0 atom stereocenters. The van der Waals surface area contributed by atoms with E-state index in [1.54, 1.807) is 7.11 Å². The molecule has 0 unspecified atom stereocenters. The van der Waals surface area contributed by atoms with Crippen LogP contribution in [0, 0.1) is 0 Å². The van der Waals surface area contributed by atoms with Crippen LogP contribution in [0.1, 0.15) is 38.2 Å². The number of ether oxygens (including phenoxy) is 2. The van der Waals surface area contributed by atoms with Crippen molar-refractivity contribution in [3.8, 4) is 22.6 Å². The van der Waals surface area contributed by atoms with Gasteiger partial charge in [0.1, 0.15) is 0 Å². The van der Waals surface area contributed by atoms with Crippen LogP contribution in [-0.2, 0) is 11.2 Å². The van der Waals surface area contributed by atoms with Crippen LogP contribution in [0.3, 0.4) is 0 Å². The molecule has 0 radical (unpaired) electrons. The van der Waals surface area contributed by atoms with Gasteiger partial charge >= 0.3 is 5.97 Å². The van der Waals surface area contributed by atoms with E-state index >= 15 is 0 Å². The summed E-state index contributed by atoms with van der Waals surface area (Å²) < 4.78 is 11.6. The lowest BCUT2D eigenvalue weighted by molar-refractivity contribution is -0.137. The highest BCUT2D eigenvalue weighted by atomic mass is 16.5. The van der Waals surface area contributed by atoms with Gasteiger partial charge in [0, 0.05) is 12.0 Å². The van der Waals surface area contributed by atoms with Gasteiger partial charge in [-0.3, -0.25) is 4.79 Å². The van der Waals surface area contributed by atoms with Gasteiger partial charge in [0.15, 0.2) is 11.5 Å². The first-order valence-electron chi connectivity index (χ1n) is 8.76. The van der Waals surface area contributed by atoms with E-state index in [1.807, 2.05) is 36.4 Å². The number of methoxy groups -OCH3 is 1. The fourth-order valence-electron chi connectivity index (χ4n) is 2.70. The predicted molar refractivity (Wildman–Crippen MR) is 99.4 cm³/mol. The van der Waals surface area contributed by atoms with Crippen LogP contribution in [0.2, 0.25) is 0 Å². The highest BCUT2D eigenvalue weighted by molar-refractivity contribution is 5.75. The molecule has 0 amide bonds. The average molecular weight is 342 g/mol. The van der Waals surface area contributed by atoms with E-state index in [9.17, 15) is 4.79 Å². The molecule has 0 aliphatic heterocycles. The topological polar surface area (TPSA) is 55.8 Å².